The second-order valence-corrected chi connectivity index (χ2v) is 7.31. The SMILES string of the molecule is CCC(C)[S+]([O-])/N=C(\C)c1nc(-c2ccnc(C(F)(F)F)c2)ns1. The molecule has 0 bridgehead atoms. The highest BCUT2D eigenvalue weighted by molar-refractivity contribution is 7.90. The molecule has 2 aromatic rings. The van der Waals surface area contributed by atoms with Gasteiger partial charge in [0.2, 0.25) is 0 Å². The Hall–Kier alpha value is -1.52. The average Bonchev–Trinajstić information content (AvgIpc) is 3.03. The third-order valence-electron chi connectivity index (χ3n) is 3.19. The summed E-state index contributed by atoms with van der Waals surface area (Å²) in [7, 11) is 0. The van der Waals surface area contributed by atoms with Crippen molar-refractivity contribution in [2.75, 3.05) is 0 Å². The standard InChI is InChI=1S/C14H15F3N4OS2/c1-4-8(2)24(22)21-9(3)13-19-12(20-23-13)10-5-6-18-11(7-10)14(15,16)17/h5-8H,4H2,1-3H3/b21-9+. The Labute approximate surface area is 144 Å². The second kappa shape index (κ2) is 7.58. The smallest absolute Gasteiger partial charge is 0.433 e. The van der Waals surface area contributed by atoms with Gasteiger partial charge in [-0.15, -0.1) is 0 Å². The van der Waals surface area contributed by atoms with Gasteiger partial charge in [-0.3, -0.25) is 4.98 Å². The molecule has 130 valence electrons. The number of halogens is 3. The Morgan fingerprint density at radius 2 is 2.17 bits per heavy atom. The maximum absolute atomic E-state index is 12.7. The minimum absolute atomic E-state index is 0.0816. The number of pyridine rings is 1. The van der Waals surface area contributed by atoms with Crippen LogP contribution in [0.1, 0.15) is 37.9 Å². The molecule has 0 radical (unpaired) electrons. The van der Waals surface area contributed by atoms with Gasteiger partial charge in [0.1, 0.15) is 16.7 Å². The van der Waals surface area contributed by atoms with Gasteiger partial charge in [0.05, 0.1) is 11.4 Å². The number of alkyl halides is 3. The molecule has 2 rings (SSSR count). The van der Waals surface area contributed by atoms with E-state index in [1.807, 2.05) is 13.8 Å². The Morgan fingerprint density at radius 1 is 1.46 bits per heavy atom. The lowest BCUT2D eigenvalue weighted by atomic mass is 10.2. The molecule has 5 nitrogen and oxygen atoms in total. The Morgan fingerprint density at radius 3 is 2.79 bits per heavy atom. The van der Waals surface area contributed by atoms with Gasteiger partial charge in [-0.05, 0) is 43.9 Å². The molecule has 10 heteroatoms. The minimum atomic E-state index is -4.53. The lowest BCUT2D eigenvalue weighted by Crippen LogP contribution is -2.15. The van der Waals surface area contributed by atoms with Crippen molar-refractivity contribution in [3.8, 4) is 11.4 Å². The Bertz CT molecular complexity index is 733. The number of rotatable bonds is 5. The van der Waals surface area contributed by atoms with Gasteiger partial charge in [-0.1, -0.05) is 11.3 Å². The summed E-state index contributed by atoms with van der Waals surface area (Å²) in [5.74, 6) is 0.159. The fraction of sp³-hybridized carbons (Fsp3) is 0.429. The van der Waals surface area contributed by atoms with Crippen LogP contribution >= 0.6 is 11.5 Å². The summed E-state index contributed by atoms with van der Waals surface area (Å²) in [6, 6.07) is 2.31. The van der Waals surface area contributed by atoms with Crippen molar-refractivity contribution in [2.24, 2.45) is 4.40 Å². The predicted octanol–water partition coefficient (Wildman–Crippen LogP) is 3.89. The number of nitrogens with zero attached hydrogens (tertiary/aromatic N) is 4. The maximum Gasteiger partial charge on any atom is 0.433 e. The van der Waals surface area contributed by atoms with Crippen LogP contribution in [0.5, 0.6) is 0 Å². The van der Waals surface area contributed by atoms with E-state index in [0.717, 1.165) is 30.2 Å². The lowest BCUT2D eigenvalue weighted by molar-refractivity contribution is -0.141. The van der Waals surface area contributed by atoms with Crippen LogP contribution < -0.4 is 0 Å². The van der Waals surface area contributed by atoms with Crippen LogP contribution in [-0.2, 0) is 17.5 Å². The molecular formula is C14H15F3N4OS2. The van der Waals surface area contributed by atoms with Crippen LogP contribution in [0.4, 0.5) is 13.2 Å². The molecule has 0 aliphatic heterocycles. The third-order valence-corrected chi connectivity index (χ3v) is 5.49. The largest absolute Gasteiger partial charge is 0.591 e. The van der Waals surface area contributed by atoms with Crippen molar-refractivity contribution in [3.63, 3.8) is 0 Å². The first-order valence-electron chi connectivity index (χ1n) is 7.06. The van der Waals surface area contributed by atoms with Crippen molar-refractivity contribution in [3.05, 3.63) is 29.0 Å². The van der Waals surface area contributed by atoms with Gasteiger partial charge >= 0.3 is 6.18 Å². The first-order valence-corrected chi connectivity index (χ1v) is 9.00. The number of aromatic nitrogens is 3. The highest BCUT2D eigenvalue weighted by atomic mass is 32.2. The molecule has 0 fully saturated rings. The van der Waals surface area contributed by atoms with Gasteiger partial charge < -0.3 is 4.55 Å². The molecule has 0 saturated heterocycles. The monoisotopic (exact) mass is 376 g/mol. The van der Waals surface area contributed by atoms with Gasteiger partial charge in [0.15, 0.2) is 10.8 Å². The minimum Gasteiger partial charge on any atom is -0.591 e. The van der Waals surface area contributed by atoms with E-state index in [2.05, 4.69) is 18.7 Å². The van der Waals surface area contributed by atoms with E-state index >= 15 is 0 Å². The molecule has 24 heavy (non-hydrogen) atoms. The molecule has 0 N–H and O–H groups in total. The van der Waals surface area contributed by atoms with E-state index in [1.54, 1.807) is 6.92 Å². The zero-order chi connectivity index (χ0) is 17.9. The molecule has 2 unspecified atom stereocenters. The molecule has 2 heterocycles. The van der Waals surface area contributed by atoms with Crippen molar-refractivity contribution in [1.29, 1.82) is 0 Å². The van der Waals surface area contributed by atoms with E-state index < -0.39 is 23.2 Å². The van der Waals surface area contributed by atoms with E-state index in [0.29, 0.717) is 10.7 Å². The fourth-order valence-electron chi connectivity index (χ4n) is 1.62. The van der Waals surface area contributed by atoms with Crippen LogP contribution in [0.3, 0.4) is 0 Å². The summed E-state index contributed by atoms with van der Waals surface area (Å²) in [5, 5.41) is 0.342. The Balaban J connectivity index is 2.26. The van der Waals surface area contributed by atoms with Gasteiger partial charge in [-0.25, -0.2) is 4.98 Å². The topological polar surface area (TPSA) is 74.1 Å². The average molecular weight is 376 g/mol. The van der Waals surface area contributed by atoms with E-state index in [4.69, 9.17) is 0 Å². The predicted molar refractivity (Wildman–Crippen MR) is 88.2 cm³/mol. The third kappa shape index (κ3) is 4.52. The molecule has 0 aliphatic rings. The molecule has 0 saturated carbocycles. The number of hydrogen-bond acceptors (Lipinski definition) is 6. The van der Waals surface area contributed by atoms with Crippen LogP contribution in [-0.4, -0.2) is 29.9 Å². The molecule has 2 aromatic heterocycles. The summed E-state index contributed by atoms with van der Waals surface area (Å²) >= 11 is -0.379. The summed E-state index contributed by atoms with van der Waals surface area (Å²) in [6.45, 7) is 5.39. The molecule has 0 spiro atoms. The van der Waals surface area contributed by atoms with Gasteiger partial charge in [0.25, 0.3) is 0 Å². The zero-order valence-corrected chi connectivity index (χ0v) is 14.8. The first kappa shape index (κ1) is 18.8. The number of hydrogen-bond donors (Lipinski definition) is 0. The normalized spacial score (nSPS) is 15.4. The fourth-order valence-corrected chi connectivity index (χ4v) is 3.12. The molecular weight excluding hydrogens is 361 g/mol. The quantitative estimate of drug-likeness (QED) is 0.586. The van der Waals surface area contributed by atoms with Crippen molar-refractivity contribution >= 4 is 28.6 Å². The summed E-state index contributed by atoms with van der Waals surface area (Å²) in [6.07, 6.45) is -2.74. The molecule has 0 aromatic carbocycles. The highest BCUT2D eigenvalue weighted by Crippen LogP contribution is 2.30. The van der Waals surface area contributed by atoms with Gasteiger partial charge in [0, 0.05) is 11.8 Å². The maximum atomic E-state index is 12.7. The van der Waals surface area contributed by atoms with Crippen molar-refractivity contribution < 1.29 is 17.7 Å². The highest BCUT2D eigenvalue weighted by Gasteiger charge is 2.32. The van der Waals surface area contributed by atoms with Crippen molar-refractivity contribution in [2.45, 2.75) is 38.6 Å². The van der Waals surface area contributed by atoms with Crippen LogP contribution in [0.25, 0.3) is 11.4 Å². The summed E-state index contributed by atoms with van der Waals surface area (Å²) in [5.41, 5.74) is -0.335. The van der Waals surface area contributed by atoms with Crippen LogP contribution in [0, 0.1) is 0 Å². The Kier molecular flexibility index (Phi) is 5.94. The summed E-state index contributed by atoms with van der Waals surface area (Å²) in [4.78, 5) is 7.49. The van der Waals surface area contributed by atoms with E-state index in [9.17, 15) is 17.7 Å². The molecule has 2 atom stereocenters. The zero-order valence-electron chi connectivity index (χ0n) is 13.2. The molecule has 0 aliphatic carbocycles. The molecule has 0 amide bonds. The summed E-state index contributed by atoms with van der Waals surface area (Å²) < 4.78 is 58.2. The van der Waals surface area contributed by atoms with Crippen LogP contribution in [0.15, 0.2) is 22.7 Å². The first-order chi connectivity index (χ1) is 11.2. The van der Waals surface area contributed by atoms with Gasteiger partial charge in [-0.2, -0.15) is 17.5 Å². The van der Waals surface area contributed by atoms with Crippen LogP contribution in [0.2, 0.25) is 0 Å². The van der Waals surface area contributed by atoms with E-state index in [1.165, 1.54) is 6.07 Å². The second-order valence-electron chi connectivity index (χ2n) is 5.02. The van der Waals surface area contributed by atoms with Crippen molar-refractivity contribution in [1.82, 2.24) is 14.3 Å². The van der Waals surface area contributed by atoms with E-state index in [-0.39, 0.29) is 16.6 Å². The lowest BCUT2D eigenvalue weighted by Gasteiger charge is -2.09.